The van der Waals surface area contributed by atoms with Crippen molar-refractivity contribution in [2.75, 3.05) is 26.8 Å². The Labute approximate surface area is 185 Å². The maximum atomic E-state index is 12.5. The Morgan fingerprint density at radius 2 is 2.00 bits per heavy atom. The number of nitrogens with one attached hydrogen (secondary N) is 1. The lowest BCUT2D eigenvalue weighted by molar-refractivity contribution is 0.0699. The van der Waals surface area contributed by atoms with Crippen molar-refractivity contribution in [2.45, 2.75) is 57.7 Å². The third-order valence-electron chi connectivity index (χ3n) is 6.52. The molecule has 1 aliphatic heterocycles. The zero-order valence-electron chi connectivity index (χ0n) is 18.6. The summed E-state index contributed by atoms with van der Waals surface area (Å²) in [4.78, 5) is 19.4. The Morgan fingerprint density at radius 3 is 2.68 bits per heavy atom. The summed E-state index contributed by atoms with van der Waals surface area (Å²) in [5.41, 5.74) is 4.56. The smallest absolute Gasteiger partial charge is 0.253 e. The highest BCUT2D eigenvalue weighted by molar-refractivity contribution is 5.93. The van der Waals surface area contributed by atoms with Crippen molar-refractivity contribution in [1.82, 2.24) is 15.2 Å². The van der Waals surface area contributed by atoms with Crippen LogP contribution in [0.1, 0.15) is 53.2 Å². The van der Waals surface area contributed by atoms with Crippen LogP contribution in [0.5, 0.6) is 5.88 Å². The predicted octanol–water partition coefficient (Wildman–Crippen LogP) is 3.38. The van der Waals surface area contributed by atoms with Gasteiger partial charge in [-0.05, 0) is 55.4 Å². The minimum Gasteiger partial charge on any atom is -0.475 e. The highest BCUT2D eigenvalue weighted by atomic mass is 16.5. The highest BCUT2D eigenvalue weighted by Gasteiger charge is 2.26. The Hall–Kier alpha value is -2.44. The van der Waals surface area contributed by atoms with Gasteiger partial charge in [0.25, 0.3) is 5.91 Å². The van der Waals surface area contributed by atoms with Gasteiger partial charge in [-0.15, -0.1) is 0 Å². The Balaban J connectivity index is 1.29. The summed E-state index contributed by atoms with van der Waals surface area (Å²) in [6.45, 7) is 5.18. The van der Waals surface area contributed by atoms with Crippen molar-refractivity contribution in [3.8, 4) is 5.88 Å². The number of ether oxygens (including phenoxy) is 2. The molecule has 1 aromatic heterocycles. The third kappa shape index (κ3) is 5.63. The second-order valence-electron chi connectivity index (χ2n) is 8.65. The minimum atomic E-state index is -0.129. The highest BCUT2D eigenvalue weighted by Crippen LogP contribution is 2.27. The minimum absolute atomic E-state index is 0.00743. The van der Waals surface area contributed by atoms with Gasteiger partial charge in [0.2, 0.25) is 5.88 Å². The molecule has 4 rings (SSSR count). The van der Waals surface area contributed by atoms with Crippen LogP contribution in [0.15, 0.2) is 36.5 Å². The van der Waals surface area contributed by atoms with E-state index in [2.05, 4.69) is 33.4 Å². The number of carbonyl (C=O) groups excluding carboxylic acids is 1. The van der Waals surface area contributed by atoms with Gasteiger partial charge in [0.05, 0.1) is 11.7 Å². The summed E-state index contributed by atoms with van der Waals surface area (Å²) in [6.07, 6.45) is 7.88. The van der Waals surface area contributed by atoms with E-state index in [0.29, 0.717) is 24.6 Å². The van der Waals surface area contributed by atoms with E-state index in [1.54, 1.807) is 25.4 Å². The molecule has 1 N–H and O–H groups in total. The molecule has 1 saturated carbocycles. The largest absolute Gasteiger partial charge is 0.475 e. The lowest BCUT2D eigenvalue weighted by atomic mass is 9.91. The van der Waals surface area contributed by atoms with Crippen molar-refractivity contribution in [1.29, 1.82) is 0 Å². The fourth-order valence-electron chi connectivity index (χ4n) is 4.18. The van der Waals surface area contributed by atoms with Crippen molar-refractivity contribution >= 4 is 5.91 Å². The molecule has 0 unspecified atom stereocenters. The van der Waals surface area contributed by atoms with E-state index in [1.165, 1.54) is 36.9 Å². The fraction of sp³-hybridized carbons (Fsp3) is 0.520. The van der Waals surface area contributed by atoms with Gasteiger partial charge < -0.3 is 14.8 Å². The summed E-state index contributed by atoms with van der Waals surface area (Å²) in [5.74, 6) is 0.359. The number of rotatable bonds is 8. The zero-order valence-corrected chi connectivity index (χ0v) is 18.6. The van der Waals surface area contributed by atoms with E-state index in [-0.39, 0.29) is 12.0 Å². The number of fused-ring (bicyclic) bond motifs is 1. The summed E-state index contributed by atoms with van der Waals surface area (Å²) in [7, 11) is 1.64. The SMILES string of the molecule is CO[C@@H](C)COc1ccc(C(=O)NCc2ccc3c(c2)CCN(C2CCC2)CC3)cn1. The van der Waals surface area contributed by atoms with Crippen LogP contribution in [0.3, 0.4) is 0 Å². The van der Waals surface area contributed by atoms with Gasteiger partial charge in [0.15, 0.2) is 0 Å². The van der Waals surface area contributed by atoms with E-state index >= 15 is 0 Å². The standard InChI is InChI=1S/C25H33N3O3/c1-18(30-2)17-31-24-9-8-22(16-26-24)25(29)27-15-19-6-7-20-10-12-28(23-4-3-5-23)13-11-21(20)14-19/h6-9,14,16,18,23H,3-5,10-13,15,17H2,1-2H3,(H,27,29)/t18-/m0/s1. The second kappa shape index (κ2) is 10.2. The normalized spacial score (nSPS) is 17.9. The number of carbonyl (C=O) groups is 1. The van der Waals surface area contributed by atoms with Crippen molar-refractivity contribution < 1.29 is 14.3 Å². The number of benzene rings is 1. The van der Waals surface area contributed by atoms with Gasteiger partial charge in [-0.25, -0.2) is 4.98 Å². The molecule has 0 saturated heterocycles. The molecule has 1 aromatic carbocycles. The van der Waals surface area contributed by atoms with Crippen molar-refractivity contribution in [2.24, 2.45) is 0 Å². The molecule has 2 heterocycles. The molecule has 2 aliphatic rings. The van der Waals surface area contributed by atoms with E-state index in [0.717, 1.165) is 31.0 Å². The Morgan fingerprint density at radius 1 is 1.19 bits per heavy atom. The number of hydrogen-bond donors (Lipinski definition) is 1. The van der Waals surface area contributed by atoms with Crippen LogP contribution in [0.25, 0.3) is 0 Å². The fourth-order valence-corrected chi connectivity index (χ4v) is 4.18. The molecular weight excluding hydrogens is 390 g/mol. The molecule has 1 aliphatic carbocycles. The van der Waals surface area contributed by atoms with E-state index in [4.69, 9.17) is 9.47 Å². The Kier molecular flexibility index (Phi) is 7.20. The molecule has 1 fully saturated rings. The summed E-state index contributed by atoms with van der Waals surface area (Å²) in [5, 5.41) is 3.01. The van der Waals surface area contributed by atoms with Crippen LogP contribution in [0.4, 0.5) is 0 Å². The average molecular weight is 424 g/mol. The maximum Gasteiger partial charge on any atom is 0.253 e. The van der Waals surface area contributed by atoms with Crippen LogP contribution in [0.2, 0.25) is 0 Å². The van der Waals surface area contributed by atoms with Gasteiger partial charge in [-0.3, -0.25) is 9.69 Å². The van der Waals surface area contributed by atoms with Gasteiger partial charge >= 0.3 is 0 Å². The number of hydrogen-bond acceptors (Lipinski definition) is 5. The number of amides is 1. The molecule has 6 nitrogen and oxygen atoms in total. The molecule has 1 amide bonds. The lowest BCUT2D eigenvalue weighted by Gasteiger charge is -2.36. The first-order valence-electron chi connectivity index (χ1n) is 11.4. The Bertz CT molecular complexity index is 880. The van der Waals surface area contributed by atoms with Crippen LogP contribution >= 0.6 is 0 Å². The average Bonchev–Trinajstić information content (AvgIpc) is 2.97. The van der Waals surface area contributed by atoms with E-state index in [9.17, 15) is 4.79 Å². The molecule has 2 aromatic rings. The van der Waals surface area contributed by atoms with Gasteiger partial charge in [-0.1, -0.05) is 24.6 Å². The van der Waals surface area contributed by atoms with Gasteiger partial charge in [0.1, 0.15) is 6.61 Å². The molecule has 1 atom stereocenters. The first kappa shape index (κ1) is 21.8. The first-order valence-corrected chi connectivity index (χ1v) is 11.4. The zero-order chi connectivity index (χ0) is 21.6. The van der Waals surface area contributed by atoms with Crippen LogP contribution in [-0.2, 0) is 24.1 Å². The molecule has 0 radical (unpaired) electrons. The summed E-state index contributed by atoms with van der Waals surface area (Å²) >= 11 is 0. The molecule has 0 bridgehead atoms. The van der Waals surface area contributed by atoms with Crippen LogP contribution in [0, 0.1) is 0 Å². The molecule has 6 heteroatoms. The summed E-state index contributed by atoms with van der Waals surface area (Å²) in [6, 6.07) is 10.9. The van der Waals surface area contributed by atoms with E-state index < -0.39 is 0 Å². The first-order chi connectivity index (χ1) is 15.1. The molecular formula is C25H33N3O3. The third-order valence-corrected chi connectivity index (χ3v) is 6.52. The van der Waals surface area contributed by atoms with Gasteiger partial charge in [-0.2, -0.15) is 0 Å². The summed E-state index contributed by atoms with van der Waals surface area (Å²) < 4.78 is 10.7. The molecule has 31 heavy (non-hydrogen) atoms. The van der Waals surface area contributed by atoms with E-state index in [1.807, 2.05) is 6.92 Å². The van der Waals surface area contributed by atoms with Crippen molar-refractivity contribution in [3.63, 3.8) is 0 Å². The van der Waals surface area contributed by atoms with Crippen LogP contribution < -0.4 is 10.1 Å². The number of pyridine rings is 1. The van der Waals surface area contributed by atoms with Crippen LogP contribution in [-0.4, -0.2) is 54.7 Å². The van der Waals surface area contributed by atoms with Crippen molar-refractivity contribution in [3.05, 3.63) is 58.8 Å². The monoisotopic (exact) mass is 423 g/mol. The molecule has 0 spiro atoms. The number of nitrogens with zero attached hydrogens (tertiary/aromatic N) is 2. The van der Waals surface area contributed by atoms with Gasteiger partial charge in [0, 0.05) is 45.0 Å². The topological polar surface area (TPSA) is 63.7 Å². The second-order valence-corrected chi connectivity index (χ2v) is 8.65. The predicted molar refractivity (Wildman–Crippen MR) is 120 cm³/mol. The maximum absolute atomic E-state index is 12.5. The lowest BCUT2D eigenvalue weighted by Crippen LogP contribution is -2.41. The number of methoxy groups -OCH3 is 1. The number of aromatic nitrogens is 1. The quantitative estimate of drug-likeness (QED) is 0.705. The molecule has 166 valence electrons.